The van der Waals surface area contributed by atoms with Gasteiger partial charge in [-0.15, -0.1) is 0 Å². The van der Waals surface area contributed by atoms with E-state index in [4.69, 9.17) is 16.3 Å². The van der Waals surface area contributed by atoms with Crippen molar-refractivity contribution in [1.29, 1.82) is 0 Å². The Morgan fingerprint density at radius 2 is 2.12 bits per heavy atom. The average molecular weight is 376 g/mol. The van der Waals surface area contributed by atoms with Crippen LogP contribution >= 0.6 is 11.6 Å². The summed E-state index contributed by atoms with van der Waals surface area (Å²) in [5, 5.41) is 13.4. The molecule has 9 heteroatoms. The first-order chi connectivity index (χ1) is 12.5. The first kappa shape index (κ1) is 17.7. The van der Waals surface area contributed by atoms with Crippen LogP contribution in [0, 0.1) is 10.1 Å². The first-order valence-electron chi connectivity index (χ1n) is 7.71. The Bertz CT molecular complexity index is 886. The van der Waals surface area contributed by atoms with Gasteiger partial charge in [0.25, 0.3) is 11.6 Å². The summed E-state index contributed by atoms with van der Waals surface area (Å²) in [6, 6.07) is 10.8. The van der Waals surface area contributed by atoms with E-state index in [1.54, 1.807) is 18.2 Å². The molecular formula is C17H14ClN3O5. The van der Waals surface area contributed by atoms with Crippen LogP contribution in [-0.4, -0.2) is 30.1 Å². The topological polar surface area (TPSA) is 102 Å². The number of non-ortho nitro benzene ring substituents is 1. The Balaban J connectivity index is 1.68. The van der Waals surface area contributed by atoms with Gasteiger partial charge in [-0.1, -0.05) is 23.7 Å². The summed E-state index contributed by atoms with van der Waals surface area (Å²) in [5.74, 6) is -0.448. The molecule has 2 aromatic carbocycles. The quantitative estimate of drug-likeness (QED) is 0.639. The van der Waals surface area contributed by atoms with Crippen LogP contribution < -0.4 is 10.2 Å². The first-order valence-corrected chi connectivity index (χ1v) is 8.09. The summed E-state index contributed by atoms with van der Waals surface area (Å²) >= 11 is 5.95. The number of hydrogen-bond acceptors (Lipinski definition) is 5. The number of halogens is 1. The molecule has 0 bridgehead atoms. The average Bonchev–Trinajstić information content (AvgIpc) is 3.05. The Labute approximate surface area is 153 Å². The van der Waals surface area contributed by atoms with E-state index in [9.17, 15) is 19.7 Å². The summed E-state index contributed by atoms with van der Waals surface area (Å²) < 4.78 is 4.91. The van der Waals surface area contributed by atoms with E-state index < -0.39 is 16.9 Å². The van der Waals surface area contributed by atoms with Crippen LogP contribution in [0.4, 0.5) is 16.2 Å². The van der Waals surface area contributed by atoms with E-state index in [0.717, 1.165) is 11.6 Å². The molecule has 1 fully saturated rings. The molecule has 0 radical (unpaired) electrons. The van der Waals surface area contributed by atoms with Crippen LogP contribution in [0.15, 0.2) is 42.5 Å². The van der Waals surface area contributed by atoms with E-state index in [-0.39, 0.29) is 22.8 Å². The molecule has 1 aliphatic heterocycles. The molecule has 3 rings (SSSR count). The molecule has 1 aliphatic rings. The Morgan fingerprint density at radius 1 is 1.31 bits per heavy atom. The zero-order valence-electron chi connectivity index (χ0n) is 13.5. The third-order valence-corrected chi connectivity index (χ3v) is 4.16. The molecular weight excluding hydrogens is 362 g/mol. The lowest BCUT2D eigenvalue weighted by Crippen LogP contribution is -2.25. The van der Waals surface area contributed by atoms with Gasteiger partial charge in [-0.05, 0) is 23.8 Å². The minimum atomic E-state index is -0.581. The number of ether oxygens (including phenoxy) is 1. The Morgan fingerprint density at radius 3 is 2.77 bits per heavy atom. The van der Waals surface area contributed by atoms with Gasteiger partial charge in [-0.2, -0.15) is 0 Å². The van der Waals surface area contributed by atoms with Crippen LogP contribution in [0.2, 0.25) is 5.02 Å². The predicted octanol–water partition coefficient (Wildman–Crippen LogP) is 3.13. The van der Waals surface area contributed by atoms with Crippen molar-refractivity contribution in [2.24, 2.45) is 0 Å². The van der Waals surface area contributed by atoms with Gasteiger partial charge in [0.2, 0.25) is 0 Å². The number of hydrogen-bond donors (Lipinski definition) is 1. The van der Waals surface area contributed by atoms with Crippen molar-refractivity contribution in [3.05, 3.63) is 68.7 Å². The van der Waals surface area contributed by atoms with Gasteiger partial charge in [0.05, 0.1) is 22.1 Å². The molecule has 0 aromatic heterocycles. The highest BCUT2D eigenvalue weighted by Crippen LogP contribution is 2.23. The number of amides is 2. The number of cyclic esters (lactones) is 1. The molecule has 2 amide bonds. The molecule has 2 aromatic rings. The fourth-order valence-corrected chi connectivity index (χ4v) is 2.80. The molecule has 0 unspecified atom stereocenters. The zero-order valence-corrected chi connectivity index (χ0v) is 14.2. The number of nitrogens with zero attached hydrogens (tertiary/aromatic N) is 2. The summed E-state index contributed by atoms with van der Waals surface area (Å²) in [5.41, 5.74) is 1.44. The predicted molar refractivity (Wildman–Crippen MR) is 94.4 cm³/mol. The van der Waals surface area contributed by atoms with Crippen LogP contribution in [0.1, 0.15) is 15.9 Å². The molecule has 0 spiro atoms. The third-order valence-electron chi connectivity index (χ3n) is 3.84. The monoisotopic (exact) mass is 375 g/mol. The van der Waals surface area contributed by atoms with Crippen molar-refractivity contribution in [1.82, 2.24) is 5.32 Å². The number of nitro benzene ring substituents is 1. The minimum Gasteiger partial charge on any atom is -0.447 e. The second-order valence-corrected chi connectivity index (χ2v) is 5.95. The SMILES string of the molecule is O=C(NCc1cccc(N2CCOC2=O)c1)c1ccc([N+](=O)[O-])cc1Cl. The lowest BCUT2D eigenvalue weighted by atomic mass is 10.1. The van der Waals surface area contributed by atoms with E-state index in [0.29, 0.717) is 18.8 Å². The van der Waals surface area contributed by atoms with Crippen molar-refractivity contribution in [3.8, 4) is 0 Å². The standard InChI is InChI=1S/C17H14ClN3O5/c18-15-9-13(21(24)25)4-5-14(15)16(22)19-10-11-2-1-3-12(8-11)20-6-7-26-17(20)23/h1-5,8-9H,6-7,10H2,(H,19,22). The van der Waals surface area contributed by atoms with Gasteiger partial charge in [0, 0.05) is 24.4 Å². The number of rotatable bonds is 5. The Hall–Kier alpha value is -3.13. The second kappa shape index (κ2) is 7.40. The van der Waals surface area contributed by atoms with Crippen molar-refractivity contribution in [2.45, 2.75) is 6.54 Å². The highest BCUT2D eigenvalue weighted by atomic mass is 35.5. The molecule has 26 heavy (non-hydrogen) atoms. The van der Waals surface area contributed by atoms with Gasteiger partial charge >= 0.3 is 6.09 Å². The fraction of sp³-hybridized carbons (Fsp3) is 0.176. The van der Waals surface area contributed by atoms with Crippen LogP contribution in [0.5, 0.6) is 0 Å². The Kier molecular flexibility index (Phi) is 5.04. The smallest absolute Gasteiger partial charge is 0.414 e. The lowest BCUT2D eigenvalue weighted by molar-refractivity contribution is -0.384. The summed E-state index contributed by atoms with van der Waals surface area (Å²) in [4.78, 5) is 35.5. The molecule has 0 saturated carbocycles. The second-order valence-electron chi connectivity index (χ2n) is 5.54. The van der Waals surface area contributed by atoms with Gasteiger partial charge < -0.3 is 10.1 Å². The summed E-state index contributed by atoms with van der Waals surface area (Å²) in [6.07, 6.45) is -0.399. The molecule has 134 valence electrons. The molecule has 1 saturated heterocycles. The van der Waals surface area contributed by atoms with Gasteiger partial charge in [0.15, 0.2) is 0 Å². The number of nitrogens with one attached hydrogen (secondary N) is 1. The normalized spacial score (nSPS) is 13.4. The number of carbonyl (C=O) groups excluding carboxylic acids is 2. The zero-order chi connectivity index (χ0) is 18.7. The van der Waals surface area contributed by atoms with Crippen LogP contribution in [0.3, 0.4) is 0 Å². The van der Waals surface area contributed by atoms with Gasteiger partial charge in [0.1, 0.15) is 6.61 Å². The minimum absolute atomic E-state index is 0.00487. The summed E-state index contributed by atoms with van der Waals surface area (Å²) in [7, 11) is 0. The number of carbonyl (C=O) groups is 2. The van der Waals surface area contributed by atoms with Crippen molar-refractivity contribution < 1.29 is 19.2 Å². The molecule has 1 N–H and O–H groups in total. The third kappa shape index (κ3) is 3.75. The molecule has 8 nitrogen and oxygen atoms in total. The van der Waals surface area contributed by atoms with E-state index in [2.05, 4.69) is 5.32 Å². The van der Waals surface area contributed by atoms with Crippen molar-refractivity contribution >= 4 is 35.0 Å². The van der Waals surface area contributed by atoms with Gasteiger partial charge in [-0.3, -0.25) is 19.8 Å². The van der Waals surface area contributed by atoms with Gasteiger partial charge in [-0.25, -0.2) is 4.79 Å². The lowest BCUT2D eigenvalue weighted by Gasteiger charge is -2.14. The van der Waals surface area contributed by atoms with Crippen molar-refractivity contribution in [2.75, 3.05) is 18.1 Å². The molecule has 1 heterocycles. The maximum Gasteiger partial charge on any atom is 0.414 e. The van der Waals surface area contributed by atoms with Crippen molar-refractivity contribution in [3.63, 3.8) is 0 Å². The fourth-order valence-electron chi connectivity index (χ4n) is 2.54. The molecule has 0 atom stereocenters. The van der Waals surface area contributed by atoms with Crippen LogP contribution in [0.25, 0.3) is 0 Å². The largest absolute Gasteiger partial charge is 0.447 e. The number of nitro groups is 1. The van der Waals surface area contributed by atoms with Crippen LogP contribution in [-0.2, 0) is 11.3 Å². The maximum atomic E-state index is 12.3. The highest BCUT2D eigenvalue weighted by Gasteiger charge is 2.23. The van der Waals surface area contributed by atoms with E-state index in [1.807, 2.05) is 6.07 Å². The number of anilines is 1. The maximum absolute atomic E-state index is 12.3. The summed E-state index contributed by atoms with van der Waals surface area (Å²) in [6.45, 7) is 1.04. The van der Waals surface area contributed by atoms with E-state index in [1.165, 1.54) is 17.0 Å². The number of benzene rings is 2. The highest BCUT2D eigenvalue weighted by molar-refractivity contribution is 6.34. The van der Waals surface area contributed by atoms with E-state index >= 15 is 0 Å². The molecule has 0 aliphatic carbocycles.